The summed E-state index contributed by atoms with van der Waals surface area (Å²) >= 11 is 0. The van der Waals surface area contributed by atoms with Gasteiger partial charge in [-0.1, -0.05) is 6.07 Å². The summed E-state index contributed by atoms with van der Waals surface area (Å²) in [7, 11) is 1.86. The van der Waals surface area contributed by atoms with E-state index in [1.165, 1.54) is 17.5 Å². The lowest BCUT2D eigenvalue weighted by Gasteiger charge is -2.08. The predicted octanol–water partition coefficient (Wildman–Crippen LogP) is 2.78. The topological polar surface area (TPSA) is 46.9 Å². The van der Waals surface area contributed by atoms with Crippen LogP contribution in [0.5, 0.6) is 0 Å². The van der Waals surface area contributed by atoms with Gasteiger partial charge in [0.25, 0.3) is 5.91 Å². The van der Waals surface area contributed by atoms with Gasteiger partial charge in [0.2, 0.25) is 0 Å². The zero-order valence-electron chi connectivity index (χ0n) is 12.2. The zero-order chi connectivity index (χ0) is 14.3. The predicted molar refractivity (Wildman–Crippen MR) is 79.1 cm³/mol. The Labute approximate surface area is 118 Å². The Morgan fingerprint density at radius 1 is 1.25 bits per heavy atom. The van der Waals surface area contributed by atoms with Gasteiger partial charge in [0.05, 0.1) is 11.3 Å². The summed E-state index contributed by atoms with van der Waals surface area (Å²) in [6.07, 6.45) is 3.49. The number of amides is 1. The Morgan fingerprint density at radius 2 is 2.00 bits per heavy atom. The second-order valence-electron chi connectivity index (χ2n) is 5.46. The van der Waals surface area contributed by atoms with Crippen molar-refractivity contribution >= 4 is 11.6 Å². The molecular formula is C16H19N3O. The molecule has 1 aromatic carbocycles. The Hall–Kier alpha value is -2.10. The molecule has 0 saturated heterocycles. The van der Waals surface area contributed by atoms with Gasteiger partial charge in [0.1, 0.15) is 0 Å². The van der Waals surface area contributed by atoms with E-state index in [-0.39, 0.29) is 5.91 Å². The highest BCUT2D eigenvalue weighted by molar-refractivity contribution is 6.05. The van der Waals surface area contributed by atoms with E-state index in [2.05, 4.69) is 22.5 Å². The molecule has 104 valence electrons. The van der Waals surface area contributed by atoms with E-state index in [0.29, 0.717) is 5.56 Å². The summed E-state index contributed by atoms with van der Waals surface area (Å²) < 4.78 is 1.74. The third-order valence-electron chi connectivity index (χ3n) is 4.09. The van der Waals surface area contributed by atoms with Crippen LogP contribution >= 0.6 is 0 Å². The van der Waals surface area contributed by atoms with Crippen LogP contribution in [0.4, 0.5) is 5.69 Å². The number of hydrogen-bond donors (Lipinski definition) is 1. The molecule has 4 heteroatoms. The van der Waals surface area contributed by atoms with Gasteiger partial charge >= 0.3 is 0 Å². The molecule has 1 amide bonds. The second-order valence-corrected chi connectivity index (χ2v) is 5.46. The first-order chi connectivity index (χ1) is 9.56. The number of aromatic nitrogens is 2. The van der Waals surface area contributed by atoms with Crippen LogP contribution in [0, 0.1) is 13.8 Å². The highest BCUT2D eigenvalue weighted by Gasteiger charge is 2.18. The van der Waals surface area contributed by atoms with E-state index >= 15 is 0 Å². The maximum atomic E-state index is 12.4. The van der Waals surface area contributed by atoms with Crippen molar-refractivity contribution in [2.24, 2.45) is 7.05 Å². The van der Waals surface area contributed by atoms with Crippen molar-refractivity contribution in [1.29, 1.82) is 0 Å². The summed E-state index contributed by atoms with van der Waals surface area (Å²) in [6, 6.07) is 6.21. The molecule has 1 aliphatic carbocycles. The first kappa shape index (κ1) is 12.9. The van der Waals surface area contributed by atoms with Crippen LogP contribution in [0.1, 0.15) is 39.3 Å². The van der Waals surface area contributed by atoms with E-state index in [1.807, 2.05) is 27.0 Å². The normalized spacial score (nSPS) is 13.3. The summed E-state index contributed by atoms with van der Waals surface area (Å²) in [5.41, 5.74) is 5.98. The maximum absolute atomic E-state index is 12.4. The molecular weight excluding hydrogens is 250 g/mol. The van der Waals surface area contributed by atoms with Gasteiger partial charge in [-0.3, -0.25) is 9.48 Å². The SMILES string of the molecule is Cc1nn(C)c(C)c1C(=O)Nc1ccc2c(c1)CCC2. The molecule has 0 fully saturated rings. The van der Waals surface area contributed by atoms with E-state index in [9.17, 15) is 4.79 Å². The number of fused-ring (bicyclic) bond motifs is 1. The number of rotatable bonds is 2. The number of nitrogens with one attached hydrogen (secondary N) is 1. The molecule has 0 atom stereocenters. The fourth-order valence-electron chi connectivity index (χ4n) is 2.95. The number of benzene rings is 1. The minimum atomic E-state index is -0.0777. The Bertz CT molecular complexity index is 685. The largest absolute Gasteiger partial charge is 0.322 e. The third-order valence-corrected chi connectivity index (χ3v) is 4.09. The van der Waals surface area contributed by atoms with Gasteiger partial charge in [0.15, 0.2) is 0 Å². The standard InChI is InChI=1S/C16H19N3O/c1-10-15(11(2)19(3)18-10)16(20)17-14-8-7-12-5-4-6-13(12)9-14/h7-9H,4-6H2,1-3H3,(H,17,20). The lowest BCUT2D eigenvalue weighted by atomic mass is 10.1. The van der Waals surface area contributed by atoms with Gasteiger partial charge in [-0.2, -0.15) is 5.10 Å². The van der Waals surface area contributed by atoms with Crippen LogP contribution in [0.3, 0.4) is 0 Å². The summed E-state index contributed by atoms with van der Waals surface area (Å²) in [5, 5.41) is 7.28. The van der Waals surface area contributed by atoms with Crippen LogP contribution in [-0.2, 0) is 19.9 Å². The van der Waals surface area contributed by atoms with Gasteiger partial charge in [-0.05, 0) is 56.4 Å². The molecule has 3 rings (SSSR count). The molecule has 0 radical (unpaired) electrons. The minimum absolute atomic E-state index is 0.0777. The molecule has 1 aliphatic rings. The summed E-state index contributed by atoms with van der Waals surface area (Å²) in [5.74, 6) is -0.0777. The number of carbonyl (C=O) groups excluding carboxylic acids is 1. The van der Waals surface area contributed by atoms with Crippen LogP contribution in [0.15, 0.2) is 18.2 Å². The van der Waals surface area contributed by atoms with Crippen molar-refractivity contribution in [3.05, 3.63) is 46.3 Å². The molecule has 1 N–H and O–H groups in total. The maximum Gasteiger partial charge on any atom is 0.259 e. The van der Waals surface area contributed by atoms with E-state index in [0.717, 1.165) is 29.9 Å². The number of aryl methyl sites for hydroxylation is 4. The van der Waals surface area contributed by atoms with Gasteiger partial charge in [-0.25, -0.2) is 0 Å². The van der Waals surface area contributed by atoms with Crippen LogP contribution in [-0.4, -0.2) is 15.7 Å². The van der Waals surface area contributed by atoms with Gasteiger partial charge in [0, 0.05) is 18.4 Å². The Morgan fingerprint density at radius 3 is 2.70 bits per heavy atom. The lowest BCUT2D eigenvalue weighted by molar-refractivity contribution is 0.102. The number of anilines is 1. The van der Waals surface area contributed by atoms with Crippen LogP contribution < -0.4 is 5.32 Å². The molecule has 1 aromatic heterocycles. The quantitative estimate of drug-likeness (QED) is 0.911. The van der Waals surface area contributed by atoms with Crippen molar-refractivity contribution in [3.8, 4) is 0 Å². The number of hydrogen-bond acceptors (Lipinski definition) is 2. The third kappa shape index (κ3) is 2.11. The Kier molecular flexibility index (Phi) is 3.08. The van der Waals surface area contributed by atoms with Crippen LogP contribution in [0.2, 0.25) is 0 Å². The van der Waals surface area contributed by atoms with Gasteiger partial charge in [-0.15, -0.1) is 0 Å². The molecule has 4 nitrogen and oxygen atoms in total. The van der Waals surface area contributed by atoms with E-state index in [4.69, 9.17) is 0 Å². The monoisotopic (exact) mass is 269 g/mol. The average Bonchev–Trinajstić information content (AvgIpc) is 2.94. The number of nitrogens with zero attached hydrogens (tertiary/aromatic N) is 2. The molecule has 0 aliphatic heterocycles. The van der Waals surface area contributed by atoms with Crippen molar-refractivity contribution in [2.45, 2.75) is 33.1 Å². The highest BCUT2D eigenvalue weighted by atomic mass is 16.1. The van der Waals surface area contributed by atoms with E-state index < -0.39 is 0 Å². The van der Waals surface area contributed by atoms with Gasteiger partial charge < -0.3 is 5.32 Å². The number of carbonyl (C=O) groups is 1. The average molecular weight is 269 g/mol. The smallest absolute Gasteiger partial charge is 0.259 e. The first-order valence-corrected chi connectivity index (χ1v) is 6.99. The molecule has 2 aromatic rings. The molecule has 0 spiro atoms. The highest BCUT2D eigenvalue weighted by Crippen LogP contribution is 2.25. The lowest BCUT2D eigenvalue weighted by Crippen LogP contribution is -2.14. The molecule has 0 unspecified atom stereocenters. The summed E-state index contributed by atoms with van der Waals surface area (Å²) in [6.45, 7) is 3.78. The molecule has 1 heterocycles. The fraction of sp³-hybridized carbons (Fsp3) is 0.375. The fourth-order valence-corrected chi connectivity index (χ4v) is 2.95. The molecule has 20 heavy (non-hydrogen) atoms. The zero-order valence-corrected chi connectivity index (χ0v) is 12.2. The second kappa shape index (κ2) is 4.78. The molecule has 0 bridgehead atoms. The summed E-state index contributed by atoms with van der Waals surface area (Å²) in [4.78, 5) is 12.4. The first-order valence-electron chi connectivity index (χ1n) is 6.99. The molecule has 0 saturated carbocycles. The Balaban J connectivity index is 1.86. The van der Waals surface area contributed by atoms with Crippen LogP contribution in [0.25, 0.3) is 0 Å². The van der Waals surface area contributed by atoms with Crippen molar-refractivity contribution in [2.75, 3.05) is 5.32 Å². The van der Waals surface area contributed by atoms with Crippen molar-refractivity contribution < 1.29 is 4.79 Å². The van der Waals surface area contributed by atoms with Crippen molar-refractivity contribution in [3.63, 3.8) is 0 Å². The minimum Gasteiger partial charge on any atom is -0.322 e. The van der Waals surface area contributed by atoms with E-state index in [1.54, 1.807) is 4.68 Å². The van der Waals surface area contributed by atoms with Crippen molar-refractivity contribution in [1.82, 2.24) is 9.78 Å².